The molecular weight excluding hydrogens is 258 g/mol. The van der Waals surface area contributed by atoms with E-state index < -0.39 is 0 Å². The Bertz CT molecular complexity index is 475. The van der Waals surface area contributed by atoms with Gasteiger partial charge in [0.2, 0.25) is 5.91 Å². The monoisotopic (exact) mass is 279 g/mol. The molecule has 0 bridgehead atoms. The van der Waals surface area contributed by atoms with Crippen molar-refractivity contribution in [3.8, 4) is 11.5 Å². The fourth-order valence-electron chi connectivity index (χ4n) is 2.31. The molecule has 0 aromatic heterocycles. The highest BCUT2D eigenvalue weighted by Crippen LogP contribution is 2.26. The van der Waals surface area contributed by atoms with Crippen molar-refractivity contribution >= 4 is 5.91 Å². The minimum absolute atomic E-state index is 0.0608. The summed E-state index contributed by atoms with van der Waals surface area (Å²) in [7, 11) is 3.24. The third kappa shape index (κ3) is 3.42. The molecule has 1 aromatic rings. The molecule has 0 radical (unpaired) electrons. The molecule has 1 amide bonds. The van der Waals surface area contributed by atoms with Crippen LogP contribution in [-0.2, 0) is 16.1 Å². The fourth-order valence-corrected chi connectivity index (χ4v) is 2.31. The molecule has 0 unspecified atom stereocenters. The third-order valence-corrected chi connectivity index (χ3v) is 3.40. The molecule has 5 nitrogen and oxygen atoms in total. The van der Waals surface area contributed by atoms with E-state index in [1.165, 1.54) is 0 Å². The predicted molar refractivity (Wildman–Crippen MR) is 75.0 cm³/mol. The van der Waals surface area contributed by atoms with Crippen molar-refractivity contribution in [1.82, 2.24) is 4.90 Å². The molecule has 1 aliphatic heterocycles. The molecule has 1 fully saturated rings. The summed E-state index contributed by atoms with van der Waals surface area (Å²) in [5.41, 5.74) is 0.968. The minimum Gasteiger partial charge on any atom is -0.497 e. The van der Waals surface area contributed by atoms with Gasteiger partial charge in [-0.25, -0.2) is 0 Å². The summed E-state index contributed by atoms with van der Waals surface area (Å²) in [6.07, 6.45) is 0.494. The van der Waals surface area contributed by atoms with Crippen molar-refractivity contribution in [1.29, 1.82) is 0 Å². The Labute approximate surface area is 119 Å². The van der Waals surface area contributed by atoms with Crippen LogP contribution in [0.25, 0.3) is 0 Å². The Morgan fingerprint density at radius 2 is 2.15 bits per heavy atom. The van der Waals surface area contributed by atoms with Crippen LogP contribution in [0, 0.1) is 0 Å². The zero-order valence-corrected chi connectivity index (χ0v) is 12.2. The van der Waals surface area contributed by atoms with Crippen molar-refractivity contribution in [3.63, 3.8) is 0 Å². The molecule has 1 aliphatic rings. The van der Waals surface area contributed by atoms with Gasteiger partial charge in [0.1, 0.15) is 11.5 Å². The Balaban J connectivity index is 2.17. The van der Waals surface area contributed by atoms with Gasteiger partial charge < -0.3 is 19.1 Å². The van der Waals surface area contributed by atoms with Gasteiger partial charge in [-0.15, -0.1) is 0 Å². The summed E-state index contributed by atoms with van der Waals surface area (Å²) >= 11 is 0. The van der Waals surface area contributed by atoms with Gasteiger partial charge in [-0.3, -0.25) is 4.79 Å². The van der Waals surface area contributed by atoms with Gasteiger partial charge in [0.15, 0.2) is 0 Å². The first-order chi connectivity index (χ1) is 9.63. The van der Waals surface area contributed by atoms with Crippen molar-refractivity contribution in [2.75, 3.05) is 27.4 Å². The van der Waals surface area contributed by atoms with E-state index in [4.69, 9.17) is 14.2 Å². The predicted octanol–water partition coefficient (Wildman–Crippen LogP) is 1.84. The van der Waals surface area contributed by atoms with Gasteiger partial charge >= 0.3 is 0 Å². The van der Waals surface area contributed by atoms with Crippen molar-refractivity contribution < 1.29 is 19.0 Å². The molecule has 1 heterocycles. The molecule has 20 heavy (non-hydrogen) atoms. The lowest BCUT2D eigenvalue weighted by Gasteiger charge is -2.23. The maximum atomic E-state index is 12.1. The van der Waals surface area contributed by atoms with Gasteiger partial charge in [-0.1, -0.05) is 0 Å². The van der Waals surface area contributed by atoms with Crippen LogP contribution in [0.2, 0.25) is 0 Å². The molecule has 1 atom stereocenters. The van der Waals surface area contributed by atoms with E-state index in [-0.39, 0.29) is 12.0 Å². The average molecular weight is 279 g/mol. The Hall–Kier alpha value is -1.75. The Kier molecular flexibility index (Phi) is 4.84. The lowest BCUT2D eigenvalue weighted by molar-refractivity contribution is -0.131. The van der Waals surface area contributed by atoms with Crippen LogP contribution in [-0.4, -0.2) is 44.3 Å². The minimum atomic E-state index is 0.0608. The van der Waals surface area contributed by atoms with Gasteiger partial charge in [-0.2, -0.15) is 0 Å². The summed E-state index contributed by atoms with van der Waals surface area (Å²) < 4.78 is 16.1. The highest BCUT2D eigenvalue weighted by atomic mass is 16.5. The number of hydrogen-bond donors (Lipinski definition) is 0. The second-order valence-corrected chi connectivity index (χ2v) is 4.88. The van der Waals surface area contributed by atoms with E-state index >= 15 is 0 Å². The van der Waals surface area contributed by atoms with Gasteiger partial charge in [0.05, 0.1) is 33.4 Å². The molecule has 1 aromatic carbocycles. The molecule has 0 saturated carbocycles. The van der Waals surface area contributed by atoms with Crippen molar-refractivity contribution in [3.05, 3.63) is 23.8 Å². The zero-order valence-electron chi connectivity index (χ0n) is 12.2. The summed E-state index contributed by atoms with van der Waals surface area (Å²) in [4.78, 5) is 13.9. The molecule has 0 spiro atoms. The molecule has 110 valence electrons. The number of carbonyl (C=O) groups is 1. The molecule has 0 N–H and O–H groups in total. The maximum absolute atomic E-state index is 12.1. The highest BCUT2D eigenvalue weighted by molar-refractivity contribution is 5.76. The second kappa shape index (κ2) is 6.61. The van der Waals surface area contributed by atoms with E-state index in [1.54, 1.807) is 14.2 Å². The normalized spacial score (nSPS) is 19.6. The molecule has 5 heteroatoms. The topological polar surface area (TPSA) is 48.0 Å². The Morgan fingerprint density at radius 3 is 2.85 bits per heavy atom. The van der Waals surface area contributed by atoms with E-state index in [1.807, 2.05) is 30.0 Å². The number of hydrogen-bond acceptors (Lipinski definition) is 4. The number of rotatable bonds is 4. The summed E-state index contributed by atoms with van der Waals surface area (Å²) in [6.45, 7) is 3.61. The standard InChI is InChI=1S/C15H21NO4/c1-11-9-16(15(17)6-7-20-11)10-12-4-5-13(18-2)8-14(12)19-3/h4-5,8,11H,6-7,9-10H2,1-3H3/t11-/m1/s1. The second-order valence-electron chi connectivity index (χ2n) is 4.88. The van der Waals surface area contributed by atoms with Gasteiger partial charge in [0.25, 0.3) is 0 Å². The average Bonchev–Trinajstić information content (AvgIpc) is 2.61. The maximum Gasteiger partial charge on any atom is 0.225 e. The summed E-state index contributed by atoms with van der Waals surface area (Å²) in [6, 6.07) is 5.64. The number of amides is 1. The summed E-state index contributed by atoms with van der Waals surface area (Å²) in [5, 5.41) is 0. The van der Waals surface area contributed by atoms with Crippen LogP contribution in [0.5, 0.6) is 11.5 Å². The lowest BCUT2D eigenvalue weighted by Crippen LogP contribution is -2.34. The van der Waals surface area contributed by atoms with Crippen LogP contribution in [0.3, 0.4) is 0 Å². The summed E-state index contributed by atoms with van der Waals surface area (Å²) in [5.74, 6) is 1.59. The molecule has 2 rings (SSSR count). The smallest absolute Gasteiger partial charge is 0.225 e. The quantitative estimate of drug-likeness (QED) is 0.844. The lowest BCUT2D eigenvalue weighted by atomic mass is 10.1. The van der Waals surface area contributed by atoms with Crippen molar-refractivity contribution in [2.24, 2.45) is 0 Å². The first-order valence-electron chi connectivity index (χ1n) is 6.74. The highest BCUT2D eigenvalue weighted by Gasteiger charge is 2.22. The van der Waals surface area contributed by atoms with E-state index in [0.29, 0.717) is 26.1 Å². The number of nitrogens with zero attached hydrogens (tertiary/aromatic N) is 1. The van der Waals surface area contributed by atoms with E-state index in [0.717, 1.165) is 17.1 Å². The number of carbonyl (C=O) groups excluding carboxylic acids is 1. The first kappa shape index (κ1) is 14.7. The molecular formula is C15H21NO4. The van der Waals surface area contributed by atoms with Crippen LogP contribution in [0.15, 0.2) is 18.2 Å². The number of benzene rings is 1. The van der Waals surface area contributed by atoms with Crippen LogP contribution in [0.4, 0.5) is 0 Å². The molecule has 1 saturated heterocycles. The first-order valence-corrected chi connectivity index (χ1v) is 6.74. The van der Waals surface area contributed by atoms with Gasteiger partial charge in [-0.05, 0) is 19.1 Å². The van der Waals surface area contributed by atoms with Crippen LogP contribution < -0.4 is 9.47 Å². The van der Waals surface area contributed by atoms with Crippen LogP contribution in [0.1, 0.15) is 18.9 Å². The van der Waals surface area contributed by atoms with Gasteiger partial charge in [0, 0.05) is 24.7 Å². The largest absolute Gasteiger partial charge is 0.497 e. The van der Waals surface area contributed by atoms with E-state index in [2.05, 4.69) is 0 Å². The molecule has 0 aliphatic carbocycles. The fraction of sp³-hybridized carbons (Fsp3) is 0.533. The number of methoxy groups -OCH3 is 2. The Morgan fingerprint density at radius 1 is 1.35 bits per heavy atom. The van der Waals surface area contributed by atoms with E-state index in [9.17, 15) is 4.79 Å². The van der Waals surface area contributed by atoms with Crippen molar-refractivity contribution in [2.45, 2.75) is 26.0 Å². The third-order valence-electron chi connectivity index (χ3n) is 3.40. The number of ether oxygens (including phenoxy) is 3. The van der Waals surface area contributed by atoms with Crippen LogP contribution >= 0.6 is 0 Å². The zero-order chi connectivity index (χ0) is 14.5. The SMILES string of the molecule is COc1ccc(CN2C[C@@H](C)OCCC2=O)c(OC)c1.